The van der Waals surface area contributed by atoms with Crippen molar-refractivity contribution in [3.8, 4) is 0 Å². The Morgan fingerprint density at radius 2 is 0.968 bits per heavy atom. The maximum absolute atomic E-state index is 11.2. The summed E-state index contributed by atoms with van der Waals surface area (Å²) in [6.45, 7) is 9.60. The highest BCUT2D eigenvalue weighted by Crippen LogP contribution is 2.38. The molecule has 0 saturated carbocycles. The lowest BCUT2D eigenvalue weighted by molar-refractivity contribution is -0.385. The van der Waals surface area contributed by atoms with Crippen molar-refractivity contribution in [3.63, 3.8) is 0 Å². The van der Waals surface area contributed by atoms with Crippen LogP contribution >= 0.6 is 66.1 Å². The predicted molar refractivity (Wildman–Crippen MR) is 262 cm³/mol. The maximum Gasteiger partial charge on any atom is 0.272 e. The van der Waals surface area contributed by atoms with Gasteiger partial charge in [-0.25, -0.2) is 0 Å². The number of nitro benzene ring substituents is 1. The van der Waals surface area contributed by atoms with Crippen molar-refractivity contribution in [1.82, 2.24) is 0 Å². The molecule has 326 valence electrons. The Kier molecular flexibility index (Phi) is 14.6. The molecule has 0 saturated heterocycles. The van der Waals surface area contributed by atoms with Gasteiger partial charge < -0.3 is 32.3 Å². The van der Waals surface area contributed by atoms with Gasteiger partial charge in [-0.15, -0.1) is 0 Å². The first kappa shape index (κ1) is 47.1. The van der Waals surface area contributed by atoms with Crippen molar-refractivity contribution >= 4 is 135 Å². The standard InChI is InChI=1S/C9H7Br2NO.C9H8ClNO.C9H8INO.C9H8N2O3.C9H10N2O/c1-4-5-2-8(13)12-9(5)7(11)3-6(4)10;2*1-5-6-4-9(12)11-8(6)3-2-7(5)10;1-5-6-4-9(12)10-7(6)2-3-8(5)11(13)14;1-5-6-4-9(12)11-8(6)3-2-7(5)10/h3H,2H2,1H3,(H,12,13);2*2-3H,4H2,1H3,(H,11,12);2-3H,4H2,1H3,(H,10,12);2-3H,4,10H2,1H3,(H,11,12). The van der Waals surface area contributed by atoms with E-state index in [2.05, 4.69) is 88.0 Å². The van der Waals surface area contributed by atoms with Crippen LogP contribution in [0.5, 0.6) is 0 Å². The average molecular weight is 1110 g/mol. The van der Waals surface area contributed by atoms with Crippen LogP contribution in [-0.2, 0) is 56.1 Å². The number of fused-ring (bicyclic) bond motifs is 5. The van der Waals surface area contributed by atoms with Gasteiger partial charge in [0, 0.05) is 57.6 Å². The van der Waals surface area contributed by atoms with Crippen LogP contribution in [0.1, 0.15) is 55.6 Å². The highest BCUT2D eigenvalue weighted by atomic mass is 127. The fourth-order valence-corrected chi connectivity index (χ4v) is 9.47. The SMILES string of the molecule is Cc1c(Br)cc(Br)c2c1CC(=O)N2.Cc1c(Cl)ccc2c1CC(=O)N2.Cc1c(I)ccc2c1CC(=O)N2.Cc1c(N)ccc2c1CC(=O)N2.Cc1c([N+](=O)[O-])ccc2c1CC(=O)N2. The van der Waals surface area contributed by atoms with Crippen LogP contribution in [0, 0.1) is 48.3 Å². The number of hydrogen-bond acceptors (Lipinski definition) is 8. The van der Waals surface area contributed by atoms with Crippen LogP contribution < -0.4 is 32.3 Å². The fourth-order valence-electron chi connectivity index (χ4n) is 7.44. The monoisotopic (exact) mass is 1110 g/mol. The summed E-state index contributed by atoms with van der Waals surface area (Å²) < 4.78 is 3.20. The van der Waals surface area contributed by atoms with E-state index in [1.165, 1.54) is 15.2 Å². The fraction of sp³-hybridized carbons (Fsp3) is 0.222. The van der Waals surface area contributed by atoms with E-state index in [1.54, 1.807) is 19.1 Å². The molecule has 0 spiro atoms. The van der Waals surface area contributed by atoms with Crippen molar-refractivity contribution in [2.24, 2.45) is 0 Å². The van der Waals surface area contributed by atoms with Crippen molar-refractivity contribution in [1.29, 1.82) is 0 Å². The summed E-state index contributed by atoms with van der Waals surface area (Å²) in [5.41, 5.74) is 21.0. The molecule has 5 aromatic carbocycles. The van der Waals surface area contributed by atoms with Gasteiger partial charge >= 0.3 is 0 Å². The van der Waals surface area contributed by atoms with E-state index in [4.69, 9.17) is 17.3 Å². The lowest BCUT2D eigenvalue weighted by Gasteiger charge is -2.07. The molecule has 0 bridgehead atoms. The number of hydrogen-bond donors (Lipinski definition) is 6. The van der Waals surface area contributed by atoms with Crippen LogP contribution in [0.2, 0.25) is 5.02 Å². The van der Waals surface area contributed by atoms with Gasteiger partial charge in [-0.2, -0.15) is 0 Å². The number of nitrogens with one attached hydrogen (secondary N) is 5. The van der Waals surface area contributed by atoms with E-state index in [9.17, 15) is 34.1 Å². The number of benzene rings is 5. The number of rotatable bonds is 1. The van der Waals surface area contributed by atoms with Crippen LogP contribution in [0.15, 0.2) is 63.5 Å². The van der Waals surface area contributed by atoms with Gasteiger partial charge in [0.25, 0.3) is 5.69 Å². The van der Waals surface area contributed by atoms with Crippen LogP contribution in [0.4, 0.5) is 39.8 Å². The summed E-state index contributed by atoms with van der Waals surface area (Å²) in [6, 6.07) is 16.3. The number of carbonyl (C=O) groups is 5. The van der Waals surface area contributed by atoms with Crippen molar-refractivity contribution in [2.45, 2.75) is 66.7 Å². The molecule has 0 atom stereocenters. The summed E-state index contributed by atoms with van der Waals surface area (Å²) in [5.74, 6) is 0.171. The second kappa shape index (κ2) is 19.6. The molecule has 0 aromatic heterocycles. The quantitative estimate of drug-likeness (QED) is 0.0410. The number of nitrogen functional groups attached to an aromatic ring is 1. The van der Waals surface area contributed by atoms with Gasteiger partial charge in [0.2, 0.25) is 29.5 Å². The molecule has 5 aliphatic rings. The van der Waals surface area contributed by atoms with E-state index < -0.39 is 4.92 Å². The maximum atomic E-state index is 11.2. The number of amides is 5. The summed E-state index contributed by atoms with van der Waals surface area (Å²) >= 11 is 15.1. The van der Waals surface area contributed by atoms with Crippen molar-refractivity contribution in [3.05, 3.63) is 138 Å². The number of anilines is 6. The van der Waals surface area contributed by atoms with E-state index >= 15 is 0 Å². The molecule has 0 unspecified atom stereocenters. The lowest BCUT2D eigenvalue weighted by atomic mass is 10.0. The number of nitrogens with two attached hydrogens (primary N) is 1. The molecule has 7 N–H and O–H groups in total. The molecular formula is C45H41Br2ClIN7O7. The van der Waals surface area contributed by atoms with Crippen LogP contribution in [-0.4, -0.2) is 34.5 Å². The summed E-state index contributed by atoms with van der Waals surface area (Å²) in [4.78, 5) is 65.5. The molecule has 14 nitrogen and oxygen atoms in total. The second-order valence-corrected chi connectivity index (χ2v) is 18.4. The van der Waals surface area contributed by atoms with E-state index in [0.717, 1.165) is 86.9 Å². The molecule has 63 heavy (non-hydrogen) atoms. The smallest absolute Gasteiger partial charge is 0.272 e. The van der Waals surface area contributed by atoms with Gasteiger partial charge in [-0.1, -0.05) is 27.5 Å². The van der Waals surface area contributed by atoms with E-state index in [1.807, 2.05) is 57.2 Å². The third kappa shape index (κ3) is 10.5. The zero-order valence-corrected chi connectivity index (χ0v) is 40.7. The number of nitro groups is 1. The minimum Gasteiger partial charge on any atom is -0.399 e. The molecule has 0 aliphatic carbocycles. The van der Waals surface area contributed by atoms with Gasteiger partial charge in [0.15, 0.2) is 0 Å². The lowest BCUT2D eigenvalue weighted by Crippen LogP contribution is -2.03. The summed E-state index contributed by atoms with van der Waals surface area (Å²) in [5, 5.41) is 25.2. The molecule has 10 rings (SSSR count). The van der Waals surface area contributed by atoms with Crippen LogP contribution in [0.3, 0.4) is 0 Å². The Morgan fingerprint density at radius 3 is 1.49 bits per heavy atom. The Hall–Kier alpha value is -5.37. The molecule has 0 radical (unpaired) electrons. The first-order chi connectivity index (χ1) is 29.7. The van der Waals surface area contributed by atoms with Crippen LogP contribution in [0.25, 0.3) is 0 Å². The third-order valence-corrected chi connectivity index (χ3v) is 14.2. The first-order valence-electron chi connectivity index (χ1n) is 19.4. The highest BCUT2D eigenvalue weighted by molar-refractivity contribution is 14.1. The zero-order valence-electron chi connectivity index (χ0n) is 34.6. The minimum atomic E-state index is -0.432. The number of halogens is 4. The summed E-state index contributed by atoms with van der Waals surface area (Å²) in [6.07, 6.45) is 2.19. The van der Waals surface area contributed by atoms with Gasteiger partial charge in [0.1, 0.15) is 0 Å². The van der Waals surface area contributed by atoms with E-state index in [-0.39, 0.29) is 41.6 Å². The highest BCUT2D eigenvalue weighted by Gasteiger charge is 2.26. The normalized spacial score (nSPS) is 14.1. The van der Waals surface area contributed by atoms with Gasteiger partial charge in [-0.05, 0) is 172 Å². The number of nitrogens with zero attached hydrogens (tertiary/aromatic N) is 1. The van der Waals surface area contributed by atoms with Crippen molar-refractivity contribution in [2.75, 3.05) is 32.3 Å². The molecule has 18 heteroatoms. The molecule has 5 aromatic rings. The second-order valence-electron chi connectivity index (χ2n) is 15.1. The molecular weight excluding hydrogens is 1070 g/mol. The first-order valence-corrected chi connectivity index (χ1v) is 22.5. The number of carbonyl (C=O) groups excluding carboxylic acids is 5. The Bertz CT molecular complexity index is 2630. The Balaban J connectivity index is 0.000000131. The topological polar surface area (TPSA) is 215 Å². The largest absolute Gasteiger partial charge is 0.399 e. The molecule has 5 aliphatic heterocycles. The van der Waals surface area contributed by atoms with Crippen molar-refractivity contribution < 1.29 is 28.9 Å². The third-order valence-electron chi connectivity index (χ3n) is 11.1. The predicted octanol–water partition coefficient (Wildman–Crippen LogP) is 9.72. The van der Waals surface area contributed by atoms with Gasteiger partial charge in [-0.3, -0.25) is 34.1 Å². The molecule has 0 fully saturated rings. The van der Waals surface area contributed by atoms with Gasteiger partial charge in [0.05, 0.1) is 42.7 Å². The van der Waals surface area contributed by atoms with E-state index in [0.29, 0.717) is 36.9 Å². The minimum absolute atomic E-state index is 0.0513. The Labute approximate surface area is 398 Å². The summed E-state index contributed by atoms with van der Waals surface area (Å²) in [7, 11) is 0. The average Bonchev–Trinajstić information content (AvgIpc) is 4.07. The molecule has 5 heterocycles. The zero-order chi connectivity index (χ0) is 46.0. The Morgan fingerprint density at radius 1 is 0.556 bits per heavy atom. The molecule has 5 amide bonds.